The van der Waals surface area contributed by atoms with Gasteiger partial charge in [-0.25, -0.2) is 8.42 Å². The van der Waals surface area contributed by atoms with Crippen molar-refractivity contribution in [3.63, 3.8) is 0 Å². The Kier molecular flexibility index (Phi) is 6.76. The summed E-state index contributed by atoms with van der Waals surface area (Å²) in [4.78, 5) is 15.4. The second-order valence-electron chi connectivity index (χ2n) is 9.51. The number of rotatable bonds is 8. The Morgan fingerprint density at radius 3 is 2.51 bits per heavy atom. The van der Waals surface area contributed by atoms with Crippen LogP contribution in [0, 0.1) is 6.92 Å². The quantitative estimate of drug-likeness (QED) is 0.567. The Morgan fingerprint density at radius 1 is 1.23 bits per heavy atom. The molecule has 8 heteroatoms. The van der Waals surface area contributed by atoms with E-state index in [0.717, 1.165) is 21.0 Å². The molecule has 1 aliphatic heterocycles. The summed E-state index contributed by atoms with van der Waals surface area (Å²) in [5, 5.41) is 11.3. The van der Waals surface area contributed by atoms with Gasteiger partial charge in [-0.15, -0.1) is 13.2 Å². The normalized spacial score (nSPS) is 22.4. The molecule has 7 nitrogen and oxygen atoms in total. The minimum atomic E-state index is -4.06. The number of aliphatic hydroxyl groups excluding tert-OH is 1. The van der Waals surface area contributed by atoms with E-state index in [-0.39, 0.29) is 23.6 Å². The number of aliphatic hydroxyl groups is 1. The number of fused-ring (bicyclic) bond motifs is 3. The first-order chi connectivity index (χ1) is 16.5. The first kappa shape index (κ1) is 25.3. The molecule has 4 atom stereocenters. The van der Waals surface area contributed by atoms with Gasteiger partial charge in [-0.1, -0.05) is 54.1 Å². The molecule has 0 aromatic heterocycles. The third-order valence-corrected chi connectivity index (χ3v) is 8.65. The van der Waals surface area contributed by atoms with Gasteiger partial charge in [0, 0.05) is 13.0 Å². The van der Waals surface area contributed by atoms with Gasteiger partial charge in [0.05, 0.1) is 23.1 Å². The SMILES string of the molecule is C=CCN([C@H](C=C)[C@H](O)C(=O)N1[C@@H]2c3ccccc3C[C@@H]2OC1(C)C)S(=O)(=O)c1ccc(C)cc1. The van der Waals surface area contributed by atoms with Gasteiger partial charge >= 0.3 is 0 Å². The molecule has 1 N–H and O–H groups in total. The van der Waals surface area contributed by atoms with Crippen LogP contribution in [0.2, 0.25) is 0 Å². The van der Waals surface area contributed by atoms with Crippen LogP contribution in [0.5, 0.6) is 0 Å². The number of aryl methyl sites for hydroxylation is 1. The van der Waals surface area contributed by atoms with Crippen LogP contribution in [0.15, 0.2) is 78.7 Å². The maximum atomic E-state index is 13.8. The number of nitrogens with zero attached hydrogens (tertiary/aromatic N) is 2. The van der Waals surface area contributed by atoms with Crippen molar-refractivity contribution in [3.8, 4) is 0 Å². The second-order valence-corrected chi connectivity index (χ2v) is 11.4. The van der Waals surface area contributed by atoms with Crippen molar-refractivity contribution in [3.05, 3.63) is 90.5 Å². The Labute approximate surface area is 207 Å². The van der Waals surface area contributed by atoms with Crippen molar-refractivity contribution >= 4 is 15.9 Å². The zero-order valence-electron chi connectivity index (χ0n) is 20.3. The summed E-state index contributed by atoms with van der Waals surface area (Å²) >= 11 is 0. The third-order valence-electron chi connectivity index (χ3n) is 6.77. The number of ether oxygens (including phenoxy) is 1. The molecule has 2 aromatic rings. The summed E-state index contributed by atoms with van der Waals surface area (Å²) in [5.41, 5.74) is 2.01. The Morgan fingerprint density at radius 2 is 1.89 bits per heavy atom. The highest BCUT2D eigenvalue weighted by Gasteiger charge is 2.55. The van der Waals surface area contributed by atoms with Crippen LogP contribution in [-0.4, -0.2) is 59.2 Å². The molecular weight excluding hydrogens is 464 g/mol. The van der Waals surface area contributed by atoms with Crippen LogP contribution in [0.25, 0.3) is 0 Å². The number of hydrogen-bond acceptors (Lipinski definition) is 5. The molecule has 0 unspecified atom stereocenters. The standard InChI is InChI=1S/C27H32N2O5S/c1-6-16-28(35(32,33)20-14-12-18(3)13-15-20)22(7-2)25(30)26(31)29-24-21-11-9-8-10-19(21)17-23(24)34-27(29,4)5/h6-15,22-25,30H,1-2,16-17H2,3-5H3/t22-,23+,24-,25+/m1/s1. The molecule has 2 aliphatic rings. The molecule has 0 spiro atoms. The van der Waals surface area contributed by atoms with Crippen molar-refractivity contribution in [2.75, 3.05) is 6.54 Å². The Bertz CT molecular complexity index is 1240. The van der Waals surface area contributed by atoms with Crippen molar-refractivity contribution in [2.45, 2.75) is 62.1 Å². The maximum Gasteiger partial charge on any atom is 0.256 e. The topological polar surface area (TPSA) is 87.2 Å². The summed E-state index contributed by atoms with van der Waals surface area (Å²) in [5.74, 6) is -0.614. The molecule has 0 radical (unpaired) electrons. The number of carbonyl (C=O) groups is 1. The van der Waals surface area contributed by atoms with Gasteiger partial charge in [0.15, 0.2) is 6.10 Å². The lowest BCUT2D eigenvalue weighted by Crippen LogP contribution is -2.56. The third kappa shape index (κ3) is 4.36. The van der Waals surface area contributed by atoms with Crippen LogP contribution in [-0.2, 0) is 26.0 Å². The van der Waals surface area contributed by atoms with E-state index in [1.807, 2.05) is 31.2 Å². The first-order valence-corrected chi connectivity index (χ1v) is 13.1. The van der Waals surface area contributed by atoms with E-state index < -0.39 is 33.8 Å². The summed E-state index contributed by atoms with van der Waals surface area (Å²) in [6.45, 7) is 12.8. The molecule has 4 rings (SSSR count). The van der Waals surface area contributed by atoms with Gasteiger partial charge in [-0.05, 0) is 44.0 Å². The second kappa shape index (κ2) is 9.35. The van der Waals surface area contributed by atoms with E-state index in [1.165, 1.54) is 24.3 Å². The van der Waals surface area contributed by atoms with Crippen molar-refractivity contribution < 1.29 is 23.1 Å². The number of amides is 1. The van der Waals surface area contributed by atoms with Crippen molar-refractivity contribution in [1.82, 2.24) is 9.21 Å². The van der Waals surface area contributed by atoms with E-state index in [9.17, 15) is 18.3 Å². The monoisotopic (exact) mass is 496 g/mol. The molecule has 1 fully saturated rings. The summed E-state index contributed by atoms with van der Waals surface area (Å²) in [6.07, 6.45) is 1.45. The molecule has 0 bridgehead atoms. The molecule has 1 heterocycles. The van der Waals surface area contributed by atoms with E-state index in [2.05, 4.69) is 13.2 Å². The molecular formula is C27H32N2O5S. The van der Waals surface area contributed by atoms with Crippen LogP contribution in [0.1, 0.15) is 36.6 Å². The van der Waals surface area contributed by atoms with E-state index in [0.29, 0.717) is 6.42 Å². The zero-order valence-corrected chi connectivity index (χ0v) is 21.1. The number of benzene rings is 2. The lowest BCUT2D eigenvalue weighted by Gasteiger charge is -2.38. The molecule has 0 saturated carbocycles. The van der Waals surface area contributed by atoms with E-state index in [4.69, 9.17) is 4.74 Å². The number of carbonyl (C=O) groups excluding carboxylic acids is 1. The average molecular weight is 497 g/mol. The average Bonchev–Trinajstić information content (AvgIpc) is 3.28. The van der Waals surface area contributed by atoms with Crippen LogP contribution in [0.3, 0.4) is 0 Å². The molecule has 1 saturated heterocycles. The fraction of sp³-hybridized carbons (Fsp3) is 0.370. The highest BCUT2D eigenvalue weighted by atomic mass is 32.2. The summed E-state index contributed by atoms with van der Waals surface area (Å²) < 4.78 is 34.3. The highest BCUT2D eigenvalue weighted by molar-refractivity contribution is 7.89. The predicted octanol–water partition coefficient (Wildman–Crippen LogP) is 3.35. The van der Waals surface area contributed by atoms with Crippen LogP contribution >= 0.6 is 0 Å². The summed E-state index contributed by atoms with van der Waals surface area (Å²) in [7, 11) is -4.06. The van der Waals surface area contributed by atoms with Gasteiger partial charge in [0.2, 0.25) is 10.0 Å². The Hall–Kier alpha value is -2.78. The Balaban J connectivity index is 1.69. The lowest BCUT2D eigenvalue weighted by atomic mass is 10.0. The predicted molar refractivity (Wildman–Crippen MR) is 134 cm³/mol. The number of sulfonamides is 1. The van der Waals surface area contributed by atoms with Crippen molar-refractivity contribution in [2.24, 2.45) is 0 Å². The maximum absolute atomic E-state index is 13.8. The minimum absolute atomic E-state index is 0.0612. The fourth-order valence-corrected chi connectivity index (χ4v) is 6.73. The summed E-state index contributed by atoms with van der Waals surface area (Å²) in [6, 6.07) is 12.7. The largest absolute Gasteiger partial charge is 0.381 e. The lowest BCUT2D eigenvalue weighted by molar-refractivity contribution is -0.158. The van der Waals surface area contributed by atoms with Gasteiger partial charge in [-0.3, -0.25) is 4.79 Å². The smallest absolute Gasteiger partial charge is 0.256 e. The van der Waals surface area contributed by atoms with Gasteiger partial charge in [0.1, 0.15) is 5.72 Å². The molecule has 35 heavy (non-hydrogen) atoms. The highest BCUT2D eigenvalue weighted by Crippen LogP contribution is 2.48. The molecule has 186 valence electrons. The molecule has 1 amide bonds. The van der Waals surface area contributed by atoms with Gasteiger partial charge < -0.3 is 14.7 Å². The fourth-order valence-electron chi connectivity index (χ4n) is 5.16. The van der Waals surface area contributed by atoms with E-state index in [1.54, 1.807) is 30.9 Å². The van der Waals surface area contributed by atoms with Crippen molar-refractivity contribution in [1.29, 1.82) is 0 Å². The van der Waals surface area contributed by atoms with Crippen LogP contribution in [0.4, 0.5) is 0 Å². The first-order valence-electron chi connectivity index (χ1n) is 11.6. The number of hydrogen-bond donors (Lipinski definition) is 1. The van der Waals surface area contributed by atoms with E-state index >= 15 is 0 Å². The van der Waals surface area contributed by atoms with Gasteiger partial charge in [-0.2, -0.15) is 4.31 Å². The molecule has 2 aromatic carbocycles. The van der Waals surface area contributed by atoms with Crippen LogP contribution < -0.4 is 0 Å². The minimum Gasteiger partial charge on any atom is -0.381 e. The zero-order chi connectivity index (χ0) is 25.5. The molecule has 1 aliphatic carbocycles. The van der Waals surface area contributed by atoms with Gasteiger partial charge in [0.25, 0.3) is 5.91 Å².